The number of amides is 1. The molecule has 0 unspecified atom stereocenters. The summed E-state index contributed by atoms with van der Waals surface area (Å²) in [5.74, 6) is 5.95. The van der Waals surface area contributed by atoms with Crippen LogP contribution in [0.1, 0.15) is 26.3 Å². The third kappa shape index (κ3) is 6.21. The molecule has 1 saturated heterocycles. The van der Waals surface area contributed by atoms with Crippen molar-refractivity contribution in [1.29, 1.82) is 0 Å². The minimum atomic E-state index is -0.493. The molecule has 0 saturated carbocycles. The molecule has 0 radical (unpaired) electrons. The van der Waals surface area contributed by atoms with Gasteiger partial charge in [-0.05, 0) is 45.0 Å². The van der Waals surface area contributed by atoms with Crippen LogP contribution in [-0.2, 0) is 9.47 Å². The number of carbonyl (C=O) groups excluding carboxylic acids is 1. The Morgan fingerprint density at radius 1 is 1.26 bits per heavy atom. The molecule has 1 fully saturated rings. The van der Waals surface area contributed by atoms with E-state index in [9.17, 15) is 4.79 Å². The van der Waals surface area contributed by atoms with Gasteiger partial charge in [-0.15, -0.1) is 0 Å². The van der Waals surface area contributed by atoms with E-state index < -0.39 is 11.7 Å². The second-order valence-corrected chi connectivity index (χ2v) is 6.30. The average Bonchev–Trinajstić information content (AvgIpc) is 2.51. The standard InChI is InChI=1S/C18H24N2O3/c1-18(2,3)23-17(21)19-10-4-5-15-6-8-16(9-7-15)20-11-13-22-14-12-20/h6-9H,10-14H2,1-3H3,(H,19,21). The van der Waals surface area contributed by atoms with Gasteiger partial charge in [-0.3, -0.25) is 0 Å². The first-order valence-corrected chi connectivity index (χ1v) is 7.82. The van der Waals surface area contributed by atoms with Crippen LogP contribution < -0.4 is 10.2 Å². The van der Waals surface area contributed by atoms with E-state index in [0.717, 1.165) is 31.9 Å². The predicted octanol–water partition coefficient (Wildman–Crippen LogP) is 2.40. The third-order valence-electron chi connectivity index (χ3n) is 3.20. The summed E-state index contributed by atoms with van der Waals surface area (Å²) in [6.07, 6.45) is -0.450. The summed E-state index contributed by atoms with van der Waals surface area (Å²) in [7, 11) is 0. The summed E-state index contributed by atoms with van der Waals surface area (Å²) in [5, 5.41) is 2.62. The zero-order valence-electron chi connectivity index (χ0n) is 14.0. The smallest absolute Gasteiger partial charge is 0.408 e. The van der Waals surface area contributed by atoms with Crippen LogP contribution in [0.2, 0.25) is 0 Å². The van der Waals surface area contributed by atoms with E-state index in [1.807, 2.05) is 32.9 Å². The summed E-state index contributed by atoms with van der Waals surface area (Å²) in [6, 6.07) is 8.11. The van der Waals surface area contributed by atoms with Gasteiger partial charge in [-0.25, -0.2) is 4.79 Å². The summed E-state index contributed by atoms with van der Waals surface area (Å²) in [6.45, 7) is 9.14. The summed E-state index contributed by atoms with van der Waals surface area (Å²) >= 11 is 0. The Kier molecular flexibility index (Phi) is 5.89. The number of carbonyl (C=O) groups is 1. The van der Waals surface area contributed by atoms with Gasteiger partial charge < -0.3 is 19.7 Å². The van der Waals surface area contributed by atoms with Crippen LogP contribution in [0.25, 0.3) is 0 Å². The highest BCUT2D eigenvalue weighted by Crippen LogP contribution is 2.16. The van der Waals surface area contributed by atoms with E-state index in [-0.39, 0.29) is 6.54 Å². The van der Waals surface area contributed by atoms with Crippen molar-refractivity contribution < 1.29 is 14.3 Å². The molecule has 1 N–H and O–H groups in total. The second kappa shape index (κ2) is 7.89. The molecule has 0 spiro atoms. The van der Waals surface area contributed by atoms with Gasteiger partial charge in [0.25, 0.3) is 0 Å². The quantitative estimate of drug-likeness (QED) is 0.851. The molecule has 1 aromatic rings. The molecule has 23 heavy (non-hydrogen) atoms. The highest BCUT2D eigenvalue weighted by atomic mass is 16.6. The van der Waals surface area contributed by atoms with Crippen molar-refractivity contribution in [2.24, 2.45) is 0 Å². The van der Waals surface area contributed by atoms with Gasteiger partial charge in [-0.1, -0.05) is 11.8 Å². The van der Waals surface area contributed by atoms with Gasteiger partial charge in [0.1, 0.15) is 5.60 Å². The van der Waals surface area contributed by atoms with E-state index in [1.165, 1.54) is 5.69 Å². The molecule has 0 aromatic heterocycles. The highest BCUT2D eigenvalue weighted by Gasteiger charge is 2.15. The Balaban J connectivity index is 1.81. The van der Waals surface area contributed by atoms with E-state index in [4.69, 9.17) is 9.47 Å². The first-order chi connectivity index (χ1) is 10.9. The molecular weight excluding hydrogens is 292 g/mol. The van der Waals surface area contributed by atoms with Crippen LogP contribution in [0.3, 0.4) is 0 Å². The first-order valence-electron chi connectivity index (χ1n) is 7.82. The SMILES string of the molecule is CC(C)(C)OC(=O)NCC#Cc1ccc(N2CCOCC2)cc1. The minimum Gasteiger partial charge on any atom is -0.444 e. The van der Waals surface area contributed by atoms with E-state index in [2.05, 4.69) is 34.2 Å². The molecule has 5 heteroatoms. The lowest BCUT2D eigenvalue weighted by Crippen LogP contribution is -2.36. The molecule has 1 aromatic carbocycles. The number of hydrogen-bond donors (Lipinski definition) is 1. The Morgan fingerprint density at radius 2 is 1.91 bits per heavy atom. The number of benzene rings is 1. The lowest BCUT2D eigenvalue weighted by Gasteiger charge is -2.28. The fraction of sp³-hybridized carbons (Fsp3) is 0.500. The maximum atomic E-state index is 11.5. The van der Waals surface area contributed by atoms with Crippen molar-refractivity contribution in [3.05, 3.63) is 29.8 Å². The number of rotatable bonds is 2. The molecule has 1 aliphatic rings. The molecule has 0 bridgehead atoms. The number of alkyl carbamates (subject to hydrolysis) is 1. The maximum Gasteiger partial charge on any atom is 0.408 e. The van der Waals surface area contributed by atoms with Crippen molar-refractivity contribution in [1.82, 2.24) is 5.32 Å². The number of anilines is 1. The van der Waals surface area contributed by atoms with Crippen molar-refractivity contribution >= 4 is 11.8 Å². The number of ether oxygens (including phenoxy) is 2. The monoisotopic (exact) mass is 316 g/mol. The molecule has 1 aliphatic heterocycles. The van der Waals surface area contributed by atoms with Crippen LogP contribution in [0.5, 0.6) is 0 Å². The molecule has 2 rings (SSSR count). The van der Waals surface area contributed by atoms with Gasteiger partial charge in [0.15, 0.2) is 0 Å². The van der Waals surface area contributed by atoms with Crippen molar-refractivity contribution in [2.45, 2.75) is 26.4 Å². The number of nitrogens with zero attached hydrogens (tertiary/aromatic N) is 1. The Hall–Kier alpha value is -2.19. The van der Waals surface area contributed by atoms with Crippen molar-refractivity contribution in [3.63, 3.8) is 0 Å². The van der Waals surface area contributed by atoms with Crippen LogP contribution in [0.15, 0.2) is 24.3 Å². The molecule has 5 nitrogen and oxygen atoms in total. The molecule has 0 atom stereocenters. The highest BCUT2D eigenvalue weighted by molar-refractivity contribution is 5.68. The molecule has 1 heterocycles. The van der Waals surface area contributed by atoms with Gasteiger partial charge in [-0.2, -0.15) is 0 Å². The third-order valence-corrected chi connectivity index (χ3v) is 3.20. The molecule has 124 valence electrons. The van der Waals surface area contributed by atoms with Crippen molar-refractivity contribution in [2.75, 3.05) is 37.7 Å². The number of morpholine rings is 1. The maximum absolute atomic E-state index is 11.5. The zero-order valence-corrected chi connectivity index (χ0v) is 14.0. The molecule has 0 aliphatic carbocycles. The van der Waals surface area contributed by atoms with Crippen LogP contribution in [-0.4, -0.2) is 44.5 Å². The predicted molar refractivity (Wildman–Crippen MR) is 90.6 cm³/mol. The van der Waals surface area contributed by atoms with Gasteiger partial charge in [0, 0.05) is 24.3 Å². The normalized spacial score (nSPS) is 14.7. The van der Waals surface area contributed by atoms with Gasteiger partial charge in [0.05, 0.1) is 19.8 Å². The van der Waals surface area contributed by atoms with E-state index in [0.29, 0.717) is 0 Å². The van der Waals surface area contributed by atoms with E-state index >= 15 is 0 Å². The average molecular weight is 316 g/mol. The van der Waals surface area contributed by atoms with Crippen molar-refractivity contribution in [3.8, 4) is 11.8 Å². The first kappa shape index (κ1) is 17.2. The van der Waals surface area contributed by atoms with Gasteiger partial charge >= 0.3 is 6.09 Å². The fourth-order valence-corrected chi connectivity index (χ4v) is 2.15. The largest absolute Gasteiger partial charge is 0.444 e. The second-order valence-electron chi connectivity index (χ2n) is 6.30. The summed E-state index contributed by atoms with van der Waals surface area (Å²) < 4.78 is 10.5. The zero-order chi connectivity index (χ0) is 16.7. The lowest BCUT2D eigenvalue weighted by molar-refractivity contribution is 0.0535. The Bertz CT molecular complexity index is 573. The van der Waals surface area contributed by atoms with Crippen LogP contribution in [0.4, 0.5) is 10.5 Å². The lowest BCUT2D eigenvalue weighted by atomic mass is 10.2. The number of nitrogens with one attached hydrogen (secondary N) is 1. The minimum absolute atomic E-state index is 0.264. The van der Waals surface area contributed by atoms with Crippen LogP contribution in [0, 0.1) is 11.8 Å². The number of hydrogen-bond acceptors (Lipinski definition) is 4. The molecular formula is C18H24N2O3. The van der Waals surface area contributed by atoms with Crippen LogP contribution >= 0.6 is 0 Å². The van der Waals surface area contributed by atoms with Gasteiger partial charge in [0.2, 0.25) is 0 Å². The Labute approximate surface area is 138 Å². The molecule has 1 amide bonds. The topological polar surface area (TPSA) is 50.8 Å². The fourth-order valence-electron chi connectivity index (χ4n) is 2.15. The summed E-state index contributed by atoms with van der Waals surface area (Å²) in [5.41, 5.74) is 1.62. The van der Waals surface area contributed by atoms with E-state index in [1.54, 1.807) is 0 Å². The summed E-state index contributed by atoms with van der Waals surface area (Å²) in [4.78, 5) is 13.8. The Morgan fingerprint density at radius 3 is 2.52 bits per heavy atom.